The van der Waals surface area contributed by atoms with Gasteiger partial charge in [-0.25, -0.2) is 0 Å². The molecule has 0 fully saturated rings. The van der Waals surface area contributed by atoms with E-state index in [-0.39, 0.29) is 37.5 Å². The van der Waals surface area contributed by atoms with E-state index in [0.29, 0.717) is 19.3 Å². The summed E-state index contributed by atoms with van der Waals surface area (Å²) in [6.07, 6.45) is 71.0. The van der Waals surface area contributed by atoms with Crippen LogP contribution in [0.3, 0.4) is 0 Å². The molecule has 0 N–H and O–H groups in total. The lowest BCUT2D eigenvalue weighted by atomic mass is 10.0. The monoisotopic (exact) mass is 935 g/mol. The molecule has 0 saturated carbocycles. The first-order valence-corrected chi connectivity index (χ1v) is 28.4. The number of unbranched alkanes of at least 4 members (excludes halogenated alkanes) is 28. The number of rotatable bonds is 51. The minimum absolute atomic E-state index is 0.102. The van der Waals surface area contributed by atoms with Crippen molar-refractivity contribution in [3.8, 4) is 0 Å². The zero-order valence-corrected chi connectivity index (χ0v) is 44.2. The summed E-state index contributed by atoms with van der Waals surface area (Å²) >= 11 is 0. The number of allylic oxidation sites excluding steroid dienone is 12. The molecular formula is C61H106O6. The smallest absolute Gasteiger partial charge is 0.306 e. The fourth-order valence-electron chi connectivity index (χ4n) is 7.96. The Kier molecular flexibility index (Phi) is 52.8. The van der Waals surface area contributed by atoms with Gasteiger partial charge in [-0.2, -0.15) is 0 Å². The highest BCUT2D eigenvalue weighted by Gasteiger charge is 2.19. The molecule has 0 aliphatic rings. The highest BCUT2D eigenvalue weighted by Crippen LogP contribution is 2.16. The molecule has 1 unspecified atom stereocenters. The van der Waals surface area contributed by atoms with E-state index in [0.717, 1.165) is 70.6 Å². The molecule has 6 nitrogen and oxygen atoms in total. The van der Waals surface area contributed by atoms with Crippen LogP contribution in [0.1, 0.15) is 278 Å². The summed E-state index contributed by atoms with van der Waals surface area (Å²) in [5, 5.41) is 0. The molecule has 67 heavy (non-hydrogen) atoms. The first-order valence-electron chi connectivity index (χ1n) is 28.4. The van der Waals surface area contributed by atoms with Gasteiger partial charge in [0.15, 0.2) is 6.10 Å². The molecule has 0 amide bonds. The van der Waals surface area contributed by atoms with Crippen molar-refractivity contribution >= 4 is 17.9 Å². The average molecular weight is 936 g/mol. The van der Waals surface area contributed by atoms with Crippen LogP contribution in [0.4, 0.5) is 0 Å². The van der Waals surface area contributed by atoms with Crippen molar-refractivity contribution in [3.63, 3.8) is 0 Å². The predicted molar refractivity (Wildman–Crippen MR) is 288 cm³/mol. The van der Waals surface area contributed by atoms with Gasteiger partial charge in [0.1, 0.15) is 13.2 Å². The third-order valence-electron chi connectivity index (χ3n) is 12.2. The van der Waals surface area contributed by atoms with Crippen molar-refractivity contribution in [1.82, 2.24) is 0 Å². The van der Waals surface area contributed by atoms with Crippen LogP contribution in [-0.4, -0.2) is 37.2 Å². The Hall–Kier alpha value is -3.15. The zero-order chi connectivity index (χ0) is 48.6. The topological polar surface area (TPSA) is 78.9 Å². The Balaban J connectivity index is 4.08. The lowest BCUT2D eigenvalue weighted by Gasteiger charge is -2.18. The van der Waals surface area contributed by atoms with Crippen LogP contribution in [0.25, 0.3) is 0 Å². The predicted octanol–water partition coefficient (Wildman–Crippen LogP) is 19.0. The Morgan fingerprint density at radius 3 is 0.970 bits per heavy atom. The zero-order valence-electron chi connectivity index (χ0n) is 44.2. The fourth-order valence-corrected chi connectivity index (χ4v) is 7.96. The summed E-state index contributed by atoms with van der Waals surface area (Å²) in [6.45, 7) is 6.42. The summed E-state index contributed by atoms with van der Waals surface area (Å²) in [4.78, 5) is 37.8. The molecule has 6 heteroatoms. The summed E-state index contributed by atoms with van der Waals surface area (Å²) in [7, 11) is 0. The standard InChI is InChI=1S/C61H106O6/c1-4-7-10-13-16-18-20-22-23-24-25-26-27-28-29-30-31-32-33-34-35-36-37-39-40-42-45-48-51-54-60(63)66-57-58(56-65-59(62)53-50-47-44-15-12-9-6-3)67-61(64)55-52-49-46-43-41-38-21-19-17-14-11-8-5-2/h8,11,17,19-20,22,24-25,38,41,46,49,58H,4-7,9-10,12-16,18,21,23,26-37,39-40,42-45,47-48,50-57H2,1-3H3/b11-8-,19-17-,22-20-,25-24-,41-38-,49-46-. The van der Waals surface area contributed by atoms with Gasteiger partial charge in [0.25, 0.3) is 0 Å². The quantitative estimate of drug-likeness (QED) is 0.0262. The Morgan fingerprint density at radius 2 is 0.612 bits per heavy atom. The van der Waals surface area contributed by atoms with E-state index in [2.05, 4.69) is 81.5 Å². The second-order valence-electron chi connectivity index (χ2n) is 18.8. The molecule has 0 aromatic rings. The van der Waals surface area contributed by atoms with Gasteiger partial charge in [0, 0.05) is 19.3 Å². The van der Waals surface area contributed by atoms with Crippen LogP contribution in [0.2, 0.25) is 0 Å². The lowest BCUT2D eigenvalue weighted by molar-refractivity contribution is -0.166. The number of hydrogen-bond acceptors (Lipinski definition) is 6. The maximum atomic E-state index is 12.7. The van der Waals surface area contributed by atoms with E-state index < -0.39 is 6.10 Å². The first kappa shape index (κ1) is 63.8. The number of ether oxygens (including phenoxy) is 3. The van der Waals surface area contributed by atoms with Gasteiger partial charge in [0.2, 0.25) is 0 Å². The van der Waals surface area contributed by atoms with E-state index in [4.69, 9.17) is 14.2 Å². The molecule has 0 saturated heterocycles. The van der Waals surface area contributed by atoms with Crippen molar-refractivity contribution in [3.05, 3.63) is 72.9 Å². The third kappa shape index (κ3) is 53.7. The largest absolute Gasteiger partial charge is 0.462 e. The van der Waals surface area contributed by atoms with Gasteiger partial charge >= 0.3 is 17.9 Å². The van der Waals surface area contributed by atoms with Gasteiger partial charge in [-0.15, -0.1) is 0 Å². The van der Waals surface area contributed by atoms with Crippen molar-refractivity contribution < 1.29 is 28.6 Å². The third-order valence-corrected chi connectivity index (χ3v) is 12.2. The summed E-state index contributed by atoms with van der Waals surface area (Å²) in [5.74, 6) is -0.986. The van der Waals surface area contributed by atoms with Crippen molar-refractivity contribution in [2.75, 3.05) is 13.2 Å². The second kappa shape index (κ2) is 55.4. The normalized spacial score (nSPS) is 12.6. The van der Waals surface area contributed by atoms with Crippen LogP contribution in [-0.2, 0) is 28.6 Å². The average Bonchev–Trinajstić information content (AvgIpc) is 3.33. The van der Waals surface area contributed by atoms with Crippen LogP contribution in [0, 0.1) is 0 Å². The number of esters is 3. The molecule has 0 bridgehead atoms. The van der Waals surface area contributed by atoms with Gasteiger partial charge in [-0.05, 0) is 77.0 Å². The van der Waals surface area contributed by atoms with Crippen LogP contribution in [0.5, 0.6) is 0 Å². The van der Waals surface area contributed by atoms with E-state index in [9.17, 15) is 14.4 Å². The van der Waals surface area contributed by atoms with E-state index in [1.165, 1.54) is 161 Å². The van der Waals surface area contributed by atoms with E-state index in [1.807, 2.05) is 12.2 Å². The first-order chi connectivity index (χ1) is 33.0. The van der Waals surface area contributed by atoms with Gasteiger partial charge in [0.05, 0.1) is 0 Å². The second-order valence-corrected chi connectivity index (χ2v) is 18.8. The molecule has 386 valence electrons. The maximum absolute atomic E-state index is 12.7. The molecular weight excluding hydrogens is 829 g/mol. The highest BCUT2D eigenvalue weighted by atomic mass is 16.6. The Bertz CT molecular complexity index is 1260. The Morgan fingerprint density at radius 1 is 0.313 bits per heavy atom. The highest BCUT2D eigenvalue weighted by molar-refractivity contribution is 5.71. The van der Waals surface area contributed by atoms with Crippen LogP contribution >= 0.6 is 0 Å². The minimum atomic E-state index is -0.808. The summed E-state index contributed by atoms with van der Waals surface area (Å²) in [6, 6.07) is 0. The molecule has 0 aromatic carbocycles. The number of carbonyl (C=O) groups excluding carboxylic acids is 3. The minimum Gasteiger partial charge on any atom is -0.462 e. The molecule has 0 radical (unpaired) electrons. The molecule has 0 heterocycles. The number of hydrogen-bond donors (Lipinski definition) is 0. The van der Waals surface area contributed by atoms with Gasteiger partial charge < -0.3 is 14.2 Å². The number of carbonyl (C=O) groups is 3. The summed E-state index contributed by atoms with van der Waals surface area (Å²) < 4.78 is 16.7. The van der Waals surface area contributed by atoms with E-state index in [1.54, 1.807) is 0 Å². The van der Waals surface area contributed by atoms with Crippen molar-refractivity contribution in [1.29, 1.82) is 0 Å². The van der Waals surface area contributed by atoms with Crippen LogP contribution < -0.4 is 0 Å². The lowest BCUT2D eigenvalue weighted by Crippen LogP contribution is -2.30. The van der Waals surface area contributed by atoms with E-state index >= 15 is 0 Å². The van der Waals surface area contributed by atoms with Crippen molar-refractivity contribution in [2.45, 2.75) is 284 Å². The molecule has 0 aromatic heterocycles. The molecule has 0 rings (SSSR count). The van der Waals surface area contributed by atoms with Crippen LogP contribution in [0.15, 0.2) is 72.9 Å². The SMILES string of the molecule is CC/C=C\C/C=C\C/C=C\C/C=C\CCC(=O)OC(COC(=O)CCCCCCCCC)COC(=O)CCCCCCCCCCCCCCCCCCC/C=C\C/C=C\CCCCCCC. The summed E-state index contributed by atoms with van der Waals surface area (Å²) in [5.41, 5.74) is 0. The van der Waals surface area contributed by atoms with Gasteiger partial charge in [-0.3, -0.25) is 14.4 Å². The molecule has 0 aliphatic heterocycles. The Labute approximate surface area is 414 Å². The molecule has 0 aliphatic carbocycles. The molecule has 1 atom stereocenters. The van der Waals surface area contributed by atoms with Crippen molar-refractivity contribution in [2.24, 2.45) is 0 Å². The fraction of sp³-hybridized carbons (Fsp3) is 0.754. The molecule has 0 spiro atoms. The van der Waals surface area contributed by atoms with Gasteiger partial charge in [-0.1, -0.05) is 254 Å². The maximum Gasteiger partial charge on any atom is 0.306 e.